The van der Waals surface area contributed by atoms with Crippen molar-refractivity contribution in [3.05, 3.63) is 41.7 Å². The number of rotatable bonds is 2. The SMILES string of the molecule is CC.CCC1(C(C)C)c2ccccc2-c2cn[nH]c21. The first-order valence-corrected chi connectivity index (χ1v) is 7.35. The lowest BCUT2D eigenvalue weighted by atomic mass is 9.70. The first-order chi connectivity index (χ1) is 9.21. The van der Waals surface area contributed by atoms with E-state index in [1.165, 1.54) is 22.4 Å². The predicted octanol–water partition coefficient (Wildman–Crippen LogP) is 4.77. The van der Waals surface area contributed by atoms with Crippen LogP contribution in [0.1, 0.15) is 52.3 Å². The second kappa shape index (κ2) is 5.20. The normalized spacial score (nSPS) is 19.7. The van der Waals surface area contributed by atoms with E-state index < -0.39 is 0 Å². The molecule has 1 N–H and O–H groups in total. The zero-order valence-electron chi connectivity index (χ0n) is 12.6. The summed E-state index contributed by atoms with van der Waals surface area (Å²) in [5.41, 5.74) is 5.52. The van der Waals surface area contributed by atoms with Gasteiger partial charge in [-0.15, -0.1) is 0 Å². The molecule has 0 spiro atoms. The van der Waals surface area contributed by atoms with E-state index in [0.29, 0.717) is 5.92 Å². The van der Waals surface area contributed by atoms with Crippen molar-refractivity contribution in [2.45, 2.75) is 46.5 Å². The molecule has 0 aliphatic heterocycles. The number of hydrogen-bond acceptors (Lipinski definition) is 1. The minimum absolute atomic E-state index is 0.114. The van der Waals surface area contributed by atoms with E-state index in [-0.39, 0.29) is 5.41 Å². The van der Waals surface area contributed by atoms with Gasteiger partial charge in [0.25, 0.3) is 0 Å². The van der Waals surface area contributed by atoms with Gasteiger partial charge in [0.05, 0.1) is 11.9 Å². The standard InChI is InChI=1S/C15H18N2.C2H6/c1-4-15(10(2)3)13-8-6-5-7-11(13)12-9-16-17-14(12)15;1-2/h5-10H,4H2,1-3H3,(H,16,17);1-2H3. The van der Waals surface area contributed by atoms with Gasteiger partial charge in [0.15, 0.2) is 0 Å². The first kappa shape index (κ1) is 13.9. The highest BCUT2D eigenvalue weighted by Gasteiger charge is 2.45. The van der Waals surface area contributed by atoms with Crippen molar-refractivity contribution in [1.29, 1.82) is 0 Å². The molecule has 0 bridgehead atoms. The Morgan fingerprint density at radius 1 is 1.16 bits per heavy atom. The van der Waals surface area contributed by atoms with Crippen LogP contribution in [0.3, 0.4) is 0 Å². The molecular weight excluding hydrogens is 232 g/mol. The summed E-state index contributed by atoms with van der Waals surface area (Å²) in [7, 11) is 0. The van der Waals surface area contributed by atoms with Crippen molar-refractivity contribution in [1.82, 2.24) is 10.2 Å². The van der Waals surface area contributed by atoms with Crippen LogP contribution in [0.5, 0.6) is 0 Å². The topological polar surface area (TPSA) is 28.7 Å². The Hall–Kier alpha value is -1.57. The van der Waals surface area contributed by atoms with Gasteiger partial charge in [-0.3, -0.25) is 5.10 Å². The molecule has 1 atom stereocenters. The van der Waals surface area contributed by atoms with Gasteiger partial charge in [-0.2, -0.15) is 5.10 Å². The Labute approximate surface area is 116 Å². The molecule has 2 heteroatoms. The van der Waals surface area contributed by atoms with E-state index in [0.717, 1.165) is 6.42 Å². The largest absolute Gasteiger partial charge is 0.281 e. The van der Waals surface area contributed by atoms with Crippen LogP contribution >= 0.6 is 0 Å². The highest BCUT2D eigenvalue weighted by molar-refractivity contribution is 5.79. The second-order valence-corrected chi connectivity index (χ2v) is 5.18. The van der Waals surface area contributed by atoms with Crippen LogP contribution in [-0.4, -0.2) is 10.2 Å². The van der Waals surface area contributed by atoms with Crippen molar-refractivity contribution < 1.29 is 0 Å². The molecule has 1 aromatic heterocycles. The van der Waals surface area contributed by atoms with E-state index in [1.807, 2.05) is 20.0 Å². The number of benzene rings is 1. The summed E-state index contributed by atoms with van der Waals surface area (Å²) in [5, 5.41) is 7.48. The zero-order valence-corrected chi connectivity index (χ0v) is 12.6. The molecule has 2 nitrogen and oxygen atoms in total. The van der Waals surface area contributed by atoms with Crippen molar-refractivity contribution >= 4 is 0 Å². The molecule has 0 saturated carbocycles. The van der Waals surface area contributed by atoms with Crippen LogP contribution in [0.4, 0.5) is 0 Å². The fourth-order valence-electron chi connectivity index (χ4n) is 3.45. The molecule has 0 saturated heterocycles. The summed E-state index contributed by atoms with van der Waals surface area (Å²) in [4.78, 5) is 0. The van der Waals surface area contributed by atoms with Gasteiger partial charge in [-0.1, -0.05) is 58.9 Å². The lowest BCUT2D eigenvalue weighted by molar-refractivity contribution is 0.357. The summed E-state index contributed by atoms with van der Waals surface area (Å²) >= 11 is 0. The van der Waals surface area contributed by atoms with Crippen LogP contribution in [0.25, 0.3) is 11.1 Å². The third kappa shape index (κ3) is 1.73. The molecule has 1 aliphatic carbocycles. The maximum Gasteiger partial charge on any atom is 0.0569 e. The molecule has 1 heterocycles. The van der Waals surface area contributed by atoms with Crippen molar-refractivity contribution in [2.24, 2.45) is 5.92 Å². The van der Waals surface area contributed by atoms with Gasteiger partial charge in [0, 0.05) is 11.0 Å². The van der Waals surface area contributed by atoms with Gasteiger partial charge in [-0.05, 0) is 23.5 Å². The summed E-state index contributed by atoms with van der Waals surface area (Å²) < 4.78 is 0. The molecule has 3 rings (SSSR count). The van der Waals surface area contributed by atoms with Crippen molar-refractivity contribution in [3.8, 4) is 11.1 Å². The Bertz CT molecular complexity index is 554. The van der Waals surface area contributed by atoms with E-state index in [4.69, 9.17) is 0 Å². The van der Waals surface area contributed by atoms with Crippen LogP contribution in [0, 0.1) is 5.92 Å². The van der Waals surface area contributed by atoms with Crippen LogP contribution in [0.15, 0.2) is 30.5 Å². The van der Waals surface area contributed by atoms with E-state index in [1.54, 1.807) is 0 Å². The summed E-state index contributed by atoms with van der Waals surface area (Å²) in [5.74, 6) is 0.565. The number of aromatic amines is 1. The van der Waals surface area contributed by atoms with Gasteiger partial charge in [0.1, 0.15) is 0 Å². The summed E-state index contributed by atoms with van der Waals surface area (Å²) in [6.07, 6.45) is 3.07. The van der Waals surface area contributed by atoms with Gasteiger partial charge >= 0.3 is 0 Å². The Kier molecular flexibility index (Phi) is 3.79. The zero-order chi connectivity index (χ0) is 14.0. The van der Waals surface area contributed by atoms with E-state index >= 15 is 0 Å². The minimum Gasteiger partial charge on any atom is -0.281 e. The highest BCUT2D eigenvalue weighted by atomic mass is 15.1. The molecule has 1 aromatic carbocycles. The Morgan fingerprint density at radius 2 is 1.84 bits per heavy atom. The number of H-pyrrole nitrogens is 1. The van der Waals surface area contributed by atoms with Crippen molar-refractivity contribution in [2.75, 3.05) is 0 Å². The fraction of sp³-hybridized carbons (Fsp3) is 0.471. The quantitative estimate of drug-likeness (QED) is 0.824. The van der Waals surface area contributed by atoms with Gasteiger partial charge in [0.2, 0.25) is 0 Å². The third-order valence-corrected chi connectivity index (χ3v) is 4.33. The highest BCUT2D eigenvalue weighted by Crippen LogP contribution is 2.53. The van der Waals surface area contributed by atoms with Crippen LogP contribution in [-0.2, 0) is 5.41 Å². The lowest BCUT2D eigenvalue weighted by Gasteiger charge is -2.33. The molecule has 1 unspecified atom stereocenters. The Balaban J connectivity index is 0.000000637. The number of nitrogens with zero attached hydrogens (tertiary/aromatic N) is 1. The molecule has 1 aliphatic rings. The smallest absolute Gasteiger partial charge is 0.0569 e. The molecular formula is C17H24N2. The third-order valence-electron chi connectivity index (χ3n) is 4.33. The van der Waals surface area contributed by atoms with Gasteiger partial charge in [-0.25, -0.2) is 0 Å². The molecule has 0 radical (unpaired) electrons. The summed E-state index contributed by atoms with van der Waals surface area (Å²) in [6, 6.07) is 8.74. The van der Waals surface area contributed by atoms with Crippen LogP contribution in [0.2, 0.25) is 0 Å². The second-order valence-electron chi connectivity index (χ2n) is 5.18. The number of nitrogens with one attached hydrogen (secondary N) is 1. The molecule has 102 valence electrons. The number of hydrogen-bond donors (Lipinski definition) is 1. The first-order valence-electron chi connectivity index (χ1n) is 7.35. The van der Waals surface area contributed by atoms with Gasteiger partial charge < -0.3 is 0 Å². The van der Waals surface area contributed by atoms with Crippen LogP contribution < -0.4 is 0 Å². The molecule has 0 fully saturated rings. The average molecular weight is 256 g/mol. The predicted molar refractivity (Wildman–Crippen MR) is 81.3 cm³/mol. The number of aromatic nitrogens is 2. The molecule has 19 heavy (non-hydrogen) atoms. The minimum atomic E-state index is 0.114. The van der Waals surface area contributed by atoms with E-state index in [2.05, 4.69) is 55.2 Å². The molecule has 0 amide bonds. The number of fused-ring (bicyclic) bond motifs is 3. The maximum atomic E-state index is 4.24. The van der Waals surface area contributed by atoms with Crippen molar-refractivity contribution in [3.63, 3.8) is 0 Å². The monoisotopic (exact) mass is 256 g/mol. The fourth-order valence-corrected chi connectivity index (χ4v) is 3.45. The average Bonchev–Trinajstić information content (AvgIpc) is 3.00. The maximum absolute atomic E-state index is 4.24. The lowest BCUT2D eigenvalue weighted by Crippen LogP contribution is -2.31. The molecule has 2 aromatic rings. The summed E-state index contributed by atoms with van der Waals surface area (Å²) in [6.45, 7) is 10.9. The van der Waals surface area contributed by atoms with E-state index in [9.17, 15) is 0 Å². The Morgan fingerprint density at radius 3 is 2.47 bits per heavy atom.